The van der Waals surface area contributed by atoms with Gasteiger partial charge in [-0.1, -0.05) is 20.8 Å². The molecule has 0 aliphatic heterocycles. The Morgan fingerprint density at radius 3 is 2.20 bits per heavy atom. The molecule has 2 aliphatic rings. The van der Waals surface area contributed by atoms with Crippen LogP contribution in [0.4, 0.5) is 0 Å². The highest BCUT2D eigenvalue weighted by Crippen LogP contribution is 2.63. The van der Waals surface area contributed by atoms with E-state index in [1.54, 1.807) is 0 Å². The van der Waals surface area contributed by atoms with Crippen molar-refractivity contribution >= 4 is 5.71 Å². The molecule has 3 heteroatoms. The van der Waals surface area contributed by atoms with E-state index in [-0.39, 0.29) is 24.0 Å². The maximum atomic E-state index is 5.06. The van der Waals surface area contributed by atoms with Gasteiger partial charge in [-0.25, -0.2) is 0 Å². The normalized spacial score (nSPS) is 33.5. The molecular formula is C17H33IN2. The lowest BCUT2D eigenvalue weighted by atomic mass is 9.70. The van der Waals surface area contributed by atoms with Crippen molar-refractivity contribution in [3.05, 3.63) is 0 Å². The van der Waals surface area contributed by atoms with Gasteiger partial charge >= 0.3 is 0 Å². The molecule has 118 valence electrons. The van der Waals surface area contributed by atoms with Gasteiger partial charge in [0.05, 0.1) is 33.2 Å². The van der Waals surface area contributed by atoms with Gasteiger partial charge in [-0.3, -0.25) is 4.99 Å². The first-order valence-electron chi connectivity index (χ1n) is 8.16. The van der Waals surface area contributed by atoms with E-state index in [1.807, 2.05) is 0 Å². The summed E-state index contributed by atoms with van der Waals surface area (Å²) in [6, 6.07) is 0. The summed E-state index contributed by atoms with van der Waals surface area (Å²) >= 11 is 0. The van der Waals surface area contributed by atoms with Crippen LogP contribution in [-0.2, 0) is 0 Å². The smallest absolute Gasteiger partial charge is 0.0983 e. The Morgan fingerprint density at radius 1 is 1.20 bits per heavy atom. The summed E-state index contributed by atoms with van der Waals surface area (Å²) in [5.41, 5.74) is 2.39. The summed E-state index contributed by atoms with van der Waals surface area (Å²) < 4.78 is 1.15. The maximum absolute atomic E-state index is 5.06. The van der Waals surface area contributed by atoms with E-state index in [2.05, 4.69) is 41.7 Å². The van der Waals surface area contributed by atoms with Crippen molar-refractivity contribution < 1.29 is 28.5 Å². The van der Waals surface area contributed by atoms with Gasteiger partial charge in [0.1, 0.15) is 0 Å². The Hall–Kier alpha value is 0.360. The number of likely N-dealkylation sites (N-methyl/N-ethyl adjacent to an activating group) is 1. The second kappa shape index (κ2) is 6.23. The molecular weight excluding hydrogens is 359 g/mol. The molecule has 2 rings (SSSR count). The molecule has 2 nitrogen and oxygen atoms in total. The summed E-state index contributed by atoms with van der Waals surface area (Å²) in [6.07, 6.45) is 4.04. The van der Waals surface area contributed by atoms with Gasteiger partial charge in [-0.05, 0) is 44.4 Å². The molecule has 20 heavy (non-hydrogen) atoms. The minimum atomic E-state index is 0. The Balaban J connectivity index is 0.00000200. The van der Waals surface area contributed by atoms with E-state index < -0.39 is 0 Å². The van der Waals surface area contributed by atoms with Crippen LogP contribution >= 0.6 is 0 Å². The predicted molar refractivity (Wildman–Crippen MR) is 83.7 cm³/mol. The van der Waals surface area contributed by atoms with Gasteiger partial charge < -0.3 is 28.5 Å². The number of hydrogen-bond acceptors (Lipinski definition) is 1. The first kappa shape index (κ1) is 18.4. The van der Waals surface area contributed by atoms with E-state index in [0.717, 1.165) is 16.9 Å². The van der Waals surface area contributed by atoms with Crippen LogP contribution in [0.15, 0.2) is 4.99 Å². The zero-order chi connectivity index (χ0) is 14.3. The standard InChI is InChI=1S/C17H33N2.HI/c1-7-19(6,8-2)12-11-18-15-13-14-9-10-17(15,5)16(14,3)4;/h14H,7-13H2,1-6H3;1H/q+1;/p-1/t14-,17+;/m1./s1. The van der Waals surface area contributed by atoms with Gasteiger partial charge in [-0.15, -0.1) is 0 Å². The highest BCUT2D eigenvalue weighted by atomic mass is 127. The van der Waals surface area contributed by atoms with Crippen molar-refractivity contribution in [3.63, 3.8) is 0 Å². The molecule has 0 amide bonds. The van der Waals surface area contributed by atoms with E-state index in [9.17, 15) is 0 Å². The average Bonchev–Trinajstić information content (AvgIpc) is 2.71. The van der Waals surface area contributed by atoms with Crippen molar-refractivity contribution in [2.24, 2.45) is 21.7 Å². The number of quaternary nitrogens is 1. The molecule has 0 saturated heterocycles. The molecule has 0 aromatic carbocycles. The first-order valence-corrected chi connectivity index (χ1v) is 8.16. The third-order valence-electron chi connectivity index (χ3n) is 6.98. The minimum Gasteiger partial charge on any atom is -1.00 e. The molecule has 2 aliphatic carbocycles. The zero-order valence-corrected chi connectivity index (χ0v) is 16.5. The van der Waals surface area contributed by atoms with E-state index in [0.29, 0.717) is 10.8 Å². The molecule has 2 fully saturated rings. The summed E-state index contributed by atoms with van der Waals surface area (Å²) in [6.45, 7) is 16.6. The largest absolute Gasteiger partial charge is 1.00 e. The summed E-state index contributed by atoms with van der Waals surface area (Å²) in [7, 11) is 2.35. The lowest BCUT2D eigenvalue weighted by molar-refractivity contribution is -0.904. The molecule has 0 N–H and O–H groups in total. The molecule has 0 spiro atoms. The van der Waals surface area contributed by atoms with Gasteiger partial charge in [0.2, 0.25) is 0 Å². The number of hydrogen-bond donors (Lipinski definition) is 0. The zero-order valence-electron chi connectivity index (χ0n) is 14.3. The third kappa shape index (κ3) is 2.81. The van der Waals surface area contributed by atoms with Crippen molar-refractivity contribution in [3.8, 4) is 0 Å². The molecule has 0 aromatic heterocycles. The van der Waals surface area contributed by atoms with Gasteiger partial charge in [-0.2, -0.15) is 0 Å². The number of halogens is 1. The van der Waals surface area contributed by atoms with Crippen LogP contribution in [0.1, 0.15) is 53.9 Å². The van der Waals surface area contributed by atoms with Crippen LogP contribution in [0, 0.1) is 16.7 Å². The van der Waals surface area contributed by atoms with Crippen LogP contribution in [-0.4, -0.2) is 43.4 Å². The topological polar surface area (TPSA) is 12.4 Å². The van der Waals surface area contributed by atoms with Crippen LogP contribution in [0.5, 0.6) is 0 Å². The fourth-order valence-corrected chi connectivity index (χ4v) is 4.13. The fraction of sp³-hybridized carbons (Fsp3) is 0.941. The molecule has 2 saturated carbocycles. The number of nitrogens with zero attached hydrogens (tertiary/aromatic N) is 2. The minimum absolute atomic E-state index is 0. The Bertz CT molecular complexity index is 371. The molecule has 0 aromatic rings. The molecule has 2 atom stereocenters. The van der Waals surface area contributed by atoms with Crippen LogP contribution < -0.4 is 24.0 Å². The Morgan fingerprint density at radius 2 is 1.80 bits per heavy atom. The number of aliphatic imine (C=N–C) groups is 1. The quantitative estimate of drug-likeness (QED) is 0.484. The van der Waals surface area contributed by atoms with E-state index in [4.69, 9.17) is 4.99 Å². The summed E-state index contributed by atoms with van der Waals surface area (Å²) in [5.74, 6) is 0.884. The van der Waals surface area contributed by atoms with Crippen LogP contribution in [0.3, 0.4) is 0 Å². The SMILES string of the molecule is CC[N+](C)(CC)CCN=C1C[C@H]2CC[C@]1(C)C2(C)C.[I-]. The summed E-state index contributed by atoms with van der Waals surface area (Å²) in [5, 5.41) is 0. The summed E-state index contributed by atoms with van der Waals surface area (Å²) in [4.78, 5) is 5.06. The molecule has 0 heterocycles. The predicted octanol–water partition coefficient (Wildman–Crippen LogP) is 0.764. The van der Waals surface area contributed by atoms with Crippen molar-refractivity contribution in [1.29, 1.82) is 0 Å². The van der Waals surface area contributed by atoms with Gasteiger partial charge in [0, 0.05) is 11.1 Å². The average molecular weight is 392 g/mol. The number of fused-ring (bicyclic) bond motifs is 2. The Kier molecular flexibility index (Phi) is 5.74. The highest BCUT2D eigenvalue weighted by Gasteiger charge is 2.59. The van der Waals surface area contributed by atoms with E-state index >= 15 is 0 Å². The maximum Gasteiger partial charge on any atom is 0.0983 e. The second-order valence-corrected chi connectivity index (χ2v) is 7.80. The van der Waals surface area contributed by atoms with Crippen molar-refractivity contribution in [1.82, 2.24) is 0 Å². The van der Waals surface area contributed by atoms with E-state index in [1.165, 1.54) is 44.6 Å². The van der Waals surface area contributed by atoms with Crippen molar-refractivity contribution in [2.75, 3.05) is 33.2 Å². The van der Waals surface area contributed by atoms with Crippen LogP contribution in [0.25, 0.3) is 0 Å². The lowest BCUT2D eigenvalue weighted by Crippen LogP contribution is -3.00. The Labute approximate surface area is 143 Å². The lowest BCUT2D eigenvalue weighted by Gasteiger charge is -2.35. The molecule has 0 unspecified atom stereocenters. The van der Waals surface area contributed by atoms with Gasteiger partial charge in [0.25, 0.3) is 0 Å². The molecule has 0 radical (unpaired) electrons. The highest BCUT2D eigenvalue weighted by molar-refractivity contribution is 5.94. The van der Waals surface area contributed by atoms with Crippen molar-refractivity contribution in [2.45, 2.75) is 53.9 Å². The number of rotatable bonds is 5. The fourth-order valence-electron chi connectivity index (χ4n) is 4.13. The third-order valence-corrected chi connectivity index (χ3v) is 6.98. The first-order chi connectivity index (χ1) is 8.79. The van der Waals surface area contributed by atoms with Crippen LogP contribution in [0.2, 0.25) is 0 Å². The van der Waals surface area contributed by atoms with Gasteiger partial charge in [0.15, 0.2) is 0 Å². The second-order valence-electron chi connectivity index (χ2n) is 7.80. The molecule has 2 bridgehead atoms. The monoisotopic (exact) mass is 392 g/mol.